The Bertz CT molecular complexity index is 417. The molecule has 0 bridgehead atoms. The van der Waals surface area contributed by atoms with Gasteiger partial charge >= 0.3 is 5.97 Å². The topological polar surface area (TPSA) is 69.6 Å². The number of carboxylic acid groups (broad SMARTS) is 1. The average Bonchev–Trinajstić information content (AvgIpc) is 2.28. The molecular formula is C14H20BrNO3. The van der Waals surface area contributed by atoms with Crippen molar-refractivity contribution in [1.29, 1.82) is 0 Å². The van der Waals surface area contributed by atoms with Gasteiger partial charge in [0.05, 0.1) is 12.5 Å². The average molecular weight is 330 g/mol. The van der Waals surface area contributed by atoms with Crippen LogP contribution < -0.4 is 5.32 Å². The van der Waals surface area contributed by atoms with E-state index in [0.29, 0.717) is 6.54 Å². The van der Waals surface area contributed by atoms with Crippen molar-refractivity contribution in [3.8, 4) is 0 Å². The number of carboxylic acids is 1. The van der Waals surface area contributed by atoms with Crippen molar-refractivity contribution in [3.63, 3.8) is 0 Å². The lowest BCUT2D eigenvalue weighted by molar-refractivity contribution is -0.139. The van der Waals surface area contributed by atoms with Crippen LogP contribution in [-0.2, 0) is 10.2 Å². The van der Waals surface area contributed by atoms with Gasteiger partial charge in [-0.25, -0.2) is 0 Å². The Hall–Kier alpha value is -0.910. The normalized spacial score (nSPS) is 13.3. The van der Waals surface area contributed by atoms with Crippen LogP contribution in [0.5, 0.6) is 0 Å². The number of aliphatic hydroxyl groups is 1. The summed E-state index contributed by atoms with van der Waals surface area (Å²) in [4.78, 5) is 10.4. The van der Waals surface area contributed by atoms with Crippen LogP contribution in [0.25, 0.3) is 0 Å². The third-order valence-corrected chi connectivity index (χ3v) is 3.51. The van der Waals surface area contributed by atoms with Crippen molar-refractivity contribution in [2.24, 2.45) is 0 Å². The summed E-state index contributed by atoms with van der Waals surface area (Å²) in [5.41, 5.74) is 1.11. The Morgan fingerprint density at radius 2 is 1.95 bits per heavy atom. The Morgan fingerprint density at radius 1 is 1.37 bits per heavy atom. The van der Waals surface area contributed by atoms with Gasteiger partial charge in [-0.15, -0.1) is 0 Å². The molecule has 0 saturated carbocycles. The van der Waals surface area contributed by atoms with E-state index in [-0.39, 0.29) is 18.4 Å². The molecule has 0 amide bonds. The van der Waals surface area contributed by atoms with E-state index < -0.39 is 12.1 Å². The smallest absolute Gasteiger partial charge is 0.306 e. The van der Waals surface area contributed by atoms with Crippen LogP contribution in [0.3, 0.4) is 0 Å². The van der Waals surface area contributed by atoms with Crippen molar-refractivity contribution in [3.05, 3.63) is 34.3 Å². The van der Waals surface area contributed by atoms with E-state index in [1.54, 1.807) is 0 Å². The van der Waals surface area contributed by atoms with Crippen LogP contribution >= 0.6 is 15.9 Å². The van der Waals surface area contributed by atoms with Gasteiger partial charge in [0.1, 0.15) is 0 Å². The van der Waals surface area contributed by atoms with Gasteiger partial charge in [-0.2, -0.15) is 0 Å². The van der Waals surface area contributed by atoms with Gasteiger partial charge in [-0.05, 0) is 17.7 Å². The zero-order chi connectivity index (χ0) is 14.5. The minimum absolute atomic E-state index is 0.0797. The van der Waals surface area contributed by atoms with Crippen molar-refractivity contribution in [1.82, 2.24) is 5.32 Å². The summed E-state index contributed by atoms with van der Waals surface area (Å²) in [6, 6.07) is 8.10. The maximum atomic E-state index is 10.4. The Balaban J connectivity index is 2.46. The van der Waals surface area contributed by atoms with Gasteiger partial charge in [0.15, 0.2) is 0 Å². The first kappa shape index (κ1) is 16.1. The Labute approximate surface area is 122 Å². The van der Waals surface area contributed by atoms with Crippen LogP contribution in [0.1, 0.15) is 25.8 Å². The van der Waals surface area contributed by atoms with E-state index in [1.165, 1.54) is 5.56 Å². The molecule has 0 aliphatic rings. The van der Waals surface area contributed by atoms with E-state index >= 15 is 0 Å². The number of hydrogen-bond donors (Lipinski definition) is 3. The van der Waals surface area contributed by atoms with E-state index in [4.69, 9.17) is 5.11 Å². The molecule has 1 rings (SSSR count). The summed E-state index contributed by atoms with van der Waals surface area (Å²) in [5.74, 6) is -0.985. The largest absolute Gasteiger partial charge is 0.481 e. The third-order valence-electron chi connectivity index (χ3n) is 2.98. The lowest BCUT2D eigenvalue weighted by Crippen LogP contribution is -2.37. The molecule has 0 fully saturated rings. The number of aliphatic hydroxyl groups excluding tert-OH is 1. The van der Waals surface area contributed by atoms with E-state index in [9.17, 15) is 9.90 Å². The molecule has 4 nitrogen and oxygen atoms in total. The first-order valence-electron chi connectivity index (χ1n) is 6.18. The minimum Gasteiger partial charge on any atom is -0.481 e. The fraction of sp³-hybridized carbons (Fsp3) is 0.500. The Morgan fingerprint density at radius 3 is 2.47 bits per heavy atom. The summed E-state index contributed by atoms with van der Waals surface area (Å²) in [5, 5.41) is 21.1. The molecule has 0 spiro atoms. The highest BCUT2D eigenvalue weighted by atomic mass is 79.9. The highest BCUT2D eigenvalue weighted by molar-refractivity contribution is 9.10. The number of benzene rings is 1. The predicted octanol–water partition coefficient (Wildman–Crippen LogP) is 2.15. The third kappa shape index (κ3) is 5.72. The number of nitrogens with one attached hydrogen (secondary N) is 1. The molecule has 1 atom stereocenters. The molecule has 0 heterocycles. The molecule has 1 aromatic carbocycles. The molecule has 0 aromatic heterocycles. The highest BCUT2D eigenvalue weighted by Crippen LogP contribution is 2.23. The quantitative estimate of drug-likeness (QED) is 0.717. The van der Waals surface area contributed by atoms with Crippen molar-refractivity contribution in [2.45, 2.75) is 31.8 Å². The predicted molar refractivity (Wildman–Crippen MR) is 78.3 cm³/mol. The zero-order valence-corrected chi connectivity index (χ0v) is 12.8. The summed E-state index contributed by atoms with van der Waals surface area (Å²) in [6.45, 7) is 5.16. The van der Waals surface area contributed by atoms with Gasteiger partial charge in [-0.3, -0.25) is 4.79 Å². The van der Waals surface area contributed by atoms with Gasteiger partial charge in [0.2, 0.25) is 0 Å². The van der Waals surface area contributed by atoms with Crippen LogP contribution in [0, 0.1) is 0 Å². The minimum atomic E-state index is -0.985. The maximum absolute atomic E-state index is 10.4. The van der Waals surface area contributed by atoms with Gasteiger partial charge in [0, 0.05) is 23.0 Å². The number of hydrogen-bond acceptors (Lipinski definition) is 3. The van der Waals surface area contributed by atoms with Crippen LogP contribution in [0.2, 0.25) is 0 Å². The number of halogens is 1. The molecule has 0 radical (unpaired) electrons. The van der Waals surface area contributed by atoms with E-state index in [0.717, 1.165) is 4.47 Å². The molecule has 106 valence electrons. The molecule has 0 aliphatic carbocycles. The van der Waals surface area contributed by atoms with Crippen LogP contribution in [0.4, 0.5) is 0 Å². The van der Waals surface area contributed by atoms with Crippen molar-refractivity contribution < 1.29 is 15.0 Å². The second-order valence-corrected chi connectivity index (χ2v) is 6.19. The molecule has 3 N–H and O–H groups in total. The summed E-state index contributed by atoms with van der Waals surface area (Å²) in [6.07, 6.45) is -1.08. The molecule has 0 aliphatic heterocycles. The first-order chi connectivity index (χ1) is 8.81. The summed E-state index contributed by atoms with van der Waals surface area (Å²) >= 11 is 3.40. The highest BCUT2D eigenvalue weighted by Gasteiger charge is 2.20. The first-order valence-corrected chi connectivity index (χ1v) is 6.97. The number of aliphatic carboxylic acids is 1. The van der Waals surface area contributed by atoms with E-state index in [2.05, 4.69) is 47.2 Å². The Kier molecular flexibility index (Phi) is 5.97. The standard InChI is InChI=1S/C14H20BrNO3/c1-14(2,10-3-5-11(15)6-4-10)9-16-8-12(17)7-13(18)19/h3-6,12,16-17H,7-9H2,1-2H3,(H,18,19). The van der Waals surface area contributed by atoms with Crippen LogP contribution in [0.15, 0.2) is 28.7 Å². The fourth-order valence-electron chi connectivity index (χ4n) is 1.83. The monoisotopic (exact) mass is 329 g/mol. The van der Waals surface area contributed by atoms with Crippen molar-refractivity contribution >= 4 is 21.9 Å². The lowest BCUT2D eigenvalue weighted by Gasteiger charge is -2.26. The molecule has 0 saturated heterocycles. The van der Waals surface area contributed by atoms with Crippen LogP contribution in [-0.4, -0.2) is 35.4 Å². The molecule has 1 unspecified atom stereocenters. The SMILES string of the molecule is CC(C)(CNCC(O)CC(=O)O)c1ccc(Br)cc1. The lowest BCUT2D eigenvalue weighted by atomic mass is 9.84. The van der Waals surface area contributed by atoms with Gasteiger partial charge < -0.3 is 15.5 Å². The maximum Gasteiger partial charge on any atom is 0.306 e. The summed E-state index contributed by atoms with van der Waals surface area (Å²) < 4.78 is 1.04. The molecule has 5 heteroatoms. The molecule has 19 heavy (non-hydrogen) atoms. The van der Waals surface area contributed by atoms with Gasteiger partial charge in [0.25, 0.3) is 0 Å². The zero-order valence-electron chi connectivity index (χ0n) is 11.2. The van der Waals surface area contributed by atoms with Crippen molar-refractivity contribution in [2.75, 3.05) is 13.1 Å². The second kappa shape index (κ2) is 7.03. The summed E-state index contributed by atoms with van der Waals surface area (Å²) in [7, 11) is 0. The molecule has 1 aromatic rings. The second-order valence-electron chi connectivity index (χ2n) is 5.27. The number of rotatable bonds is 7. The molecular weight excluding hydrogens is 310 g/mol. The van der Waals surface area contributed by atoms with Gasteiger partial charge in [-0.1, -0.05) is 41.9 Å². The number of carbonyl (C=O) groups is 1. The van der Waals surface area contributed by atoms with E-state index in [1.807, 2.05) is 12.1 Å². The fourth-order valence-corrected chi connectivity index (χ4v) is 2.09.